The highest BCUT2D eigenvalue weighted by Crippen LogP contribution is 2.36. The van der Waals surface area contributed by atoms with Crippen molar-refractivity contribution in [2.45, 2.75) is 6.54 Å². The molecule has 0 aliphatic rings. The van der Waals surface area contributed by atoms with Gasteiger partial charge in [-0.05, 0) is 23.6 Å². The van der Waals surface area contributed by atoms with Crippen molar-refractivity contribution in [3.8, 4) is 5.75 Å². The summed E-state index contributed by atoms with van der Waals surface area (Å²) in [5.74, 6) is -0.556. The number of nitrogens with two attached hydrogens (primary N) is 2. The van der Waals surface area contributed by atoms with Crippen LogP contribution in [-0.4, -0.2) is 43.4 Å². The van der Waals surface area contributed by atoms with Crippen LogP contribution in [0, 0.1) is 0 Å². The van der Waals surface area contributed by atoms with Gasteiger partial charge in [-0.3, -0.25) is 9.59 Å². The summed E-state index contributed by atoms with van der Waals surface area (Å²) >= 11 is 19.8. The Hall–Kier alpha value is -4.17. The Kier molecular flexibility index (Phi) is 7.63. The van der Waals surface area contributed by atoms with E-state index in [-0.39, 0.29) is 56.1 Å². The zero-order chi connectivity index (χ0) is 28.6. The quantitative estimate of drug-likeness (QED) is 0.196. The number of hydrogen-bond donors (Lipinski definition) is 4. The molecule has 12 nitrogen and oxygen atoms in total. The zero-order valence-electron chi connectivity index (χ0n) is 20.4. The van der Waals surface area contributed by atoms with Gasteiger partial charge in [0.1, 0.15) is 22.0 Å². The number of rotatable bonds is 7. The van der Waals surface area contributed by atoms with Gasteiger partial charge in [-0.15, -0.1) is 11.3 Å². The first-order valence-corrected chi connectivity index (χ1v) is 13.3. The molecule has 40 heavy (non-hydrogen) atoms. The summed E-state index contributed by atoms with van der Waals surface area (Å²) in [4.78, 5) is 43.1. The third-order valence-electron chi connectivity index (χ3n) is 5.60. The minimum atomic E-state index is -0.587. The number of carbonyl (C=O) groups excluding carboxylic acids is 2. The standard InChI is InChI=1S/C24H18Cl3N9O3S/c1-39-14-5-12(26)4-13(22(37)32-15-3-2-11(25)6-30-15)17(14)33-23(38)19-16(27)10(8-40-19)7-36-9-31-21-18(36)20(28)34-24(29)35-21/h2-6,8-9H,7H2,1H3,(H,33,38)(H,30,32,37)(H4,28,29,34,35). The van der Waals surface area contributed by atoms with Gasteiger partial charge in [0.25, 0.3) is 11.8 Å². The van der Waals surface area contributed by atoms with Gasteiger partial charge in [-0.25, -0.2) is 9.97 Å². The maximum absolute atomic E-state index is 13.4. The predicted octanol–water partition coefficient (Wildman–Crippen LogP) is 4.97. The monoisotopic (exact) mass is 617 g/mol. The summed E-state index contributed by atoms with van der Waals surface area (Å²) in [5, 5.41) is 7.95. The molecule has 0 spiro atoms. The highest BCUT2D eigenvalue weighted by atomic mass is 35.5. The van der Waals surface area contributed by atoms with E-state index >= 15 is 0 Å². The van der Waals surface area contributed by atoms with Crippen LogP contribution in [0.5, 0.6) is 5.75 Å². The van der Waals surface area contributed by atoms with E-state index < -0.39 is 11.8 Å². The second kappa shape index (κ2) is 11.1. The van der Waals surface area contributed by atoms with Gasteiger partial charge in [0.15, 0.2) is 11.5 Å². The van der Waals surface area contributed by atoms with E-state index in [1.807, 2.05) is 0 Å². The second-order valence-electron chi connectivity index (χ2n) is 8.22. The molecule has 4 heterocycles. The van der Waals surface area contributed by atoms with E-state index in [0.29, 0.717) is 21.7 Å². The fraction of sp³-hybridized carbons (Fsp3) is 0.0833. The molecule has 0 aliphatic heterocycles. The highest BCUT2D eigenvalue weighted by molar-refractivity contribution is 7.13. The summed E-state index contributed by atoms with van der Waals surface area (Å²) in [7, 11) is 1.39. The van der Waals surface area contributed by atoms with E-state index in [4.69, 9.17) is 51.0 Å². The van der Waals surface area contributed by atoms with Gasteiger partial charge in [0.2, 0.25) is 5.95 Å². The maximum atomic E-state index is 13.4. The van der Waals surface area contributed by atoms with E-state index in [2.05, 4.69) is 30.6 Å². The van der Waals surface area contributed by atoms with Gasteiger partial charge in [0, 0.05) is 22.8 Å². The minimum Gasteiger partial charge on any atom is -0.494 e. The topological polar surface area (TPSA) is 176 Å². The molecule has 5 aromatic rings. The Balaban J connectivity index is 1.42. The number of carbonyl (C=O) groups is 2. The number of nitrogens with one attached hydrogen (secondary N) is 2. The number of pyridine rings is 1. The van der Waals surface area contributed by atoms with Crippen molar-refractivity contribution in [3.05, 3.63) is 73.2 Å². The number of aromatic nitrogens is 5. The van der Waals surface area contributed by atoms with Crippen molar-refractivity contribution < 1.29 is 14.3 Å². The van der Waals surface area contributed by atoms with Gasteiger partial charge >= 0.3 is 0 Å². The molecule has 2 amide bonds. The lowest BCUT2D eigenvalue weighted by Crippen LogP contribution is -2.19. The van der Waals surface area contributed by atoms with Crippen molar-refractivity contribution in [2.75, 3.05) is 29.2 Å². The van der Waals surface area contributed by atoms with Crippen LogP contribution >= 0.6 is 46.1 Å². The van der Waals surface area contributed by atoms with Crippen LogP contribution in [0.3, 0.4) is 0 Å². The Morgan fingerprint density at radius 1 is 1.05 bits per heavy atom. The van der Waals surface area contributed by atoms with Crippen LogP contribution in [0.2, 0.25) is 15.1 Å². The average molecular weight is 619 g/mol. The molecule has 1 aromatic carbocycles. The molecule has 0 aliphatic carbocycles. The molecular formula is C24H18Cl3N9O3S. The highest BCUT2D eigenvalue weighted by Gasteiger charge is 2.24. The molecule has 0 radical (unpaired) electrons. The summed E-state index contributed by atoms with van der Waals surface area (Å²) < 4.78 is 7.10. The molecule has 16 heteroatoms. The van der Waals surface area contributed by atoms with E-state index in [9.17, 15) is 9.59 Å². The third kappa shape index (κ3) is 5.45. The Morgan fingerprint density at radius 3 is 2.58 bits per heavy atom. The zero-order valence-corrected chi connectivity index (χ0v) is 23.5. The molecule has 6 N–H and O–H groups in total. The summed E-state index contributed by atoms with van der Waals surface area (Å²) in [6.07, 6.45) is 2.92. The summed E-state index contributed by atoms with van der Waals surface area (Å²) in [6.45, 7) is 0.239. The molecule has 0 bridgehead atoms. The SMILES string of the molecule is COc1cc(Cl)cc(C(=O)Nc2ccc(Cl)cn2)c1NC(=O)c1scc(Cn2cnc3nc(N)nc(N)c32)c1Cl. The fourth-order valence-corrected chi connectivity index (χ4v) is 5.39. The van der Waals surface area contributed by atoms with E-state index in [1.54, 1.807) is 16.0 Å². The van der Waals surface area contributed by atoms with Crippen LogP contribution < -0.4 is 26.8 Å². The number of thiophene rings is 1. The van der Waals surface area contributed by atoms with Gasteiger partial charge < -0.3 is 31.4 Å². The van der Waals surface area contributed by atoms with Gasteiger partial charge in [-0.1, -0.05) is 34.8 Å². The summed E-state index contributed by atoms with van der Waals surface area (Å²) in [6, 6.07) is 5.98. The number of amides is 2. The first-order valence-electron chi connectivity index (χ1n) is 11.3. The number of methoxy groups -OCH3 is 1. The number of imidazole rings is 1. The van der Waals surface area contributed by atoms with Crippen LogP contribution in [-0.2, 0) is 6.54 Å². The predicted molar refractivity (Wildman–Crippen MR) is 156 cm³/mol. The molecule has 0 unspecified atom stereocenters. The first kappa shape index (κ1) is 27.4. The summed E-state index contributed by atoms with van der Waals surface area (Å²) in [5.41, 5.74) is 13.3. The Labute approximate surface area is 245 Å². The van der Waals surface area contributed by atoms with Crippen LogP contribution in [0.4, 0.5) is 23.3 Å². The Bertz CT molecular complexity index is 1770. The molecule has 5 rings (SSSR count). The molecule has 0 saturated heterocycles. The third-order valence-corrected chi connectivity index (χ3v) is 7.62. The number of anilines is 4. The van der Waals surface area contributed by atoms with E-state index in [1.165, 1.54) is 37.8 Å². The Morgan fingerprint density at radius 2 is 1.85 bits per heavy atom. The average Bonchev–Trinajstić information content (AvgIpc) is 3.49. The second-order valence-corrected chi connectivity index (χ2v) is 10.3. The maximum Gasteiger partial charge on any atom is 0.267 e. The molecular weight excluding hydrogens is 601 g/mol. The minimum absolute atomic E-state index is 0.0119. The van der Waals surface area contributed by atoms with Crippen LogP contribution in [0.15, 0.2) is 42.2 Å². The van der Waals surface area contributed by atoms with Crippen molar-refractivity contribution in [1.29, 1.82) is 0 Å². The lowest BCUT2D eigenvalue weighted by atomic mass is 10.1. The van der Waals surface area contributed by atoms with Crippen molar-refractivity contribution in [3.63, 3.8) is 0 Å². The largest absolute Gasteiger partial charge is 0.494 e. The number of benzene rings is 1. The molecule has 0 atom stereocenters. The van der Waals surface area contributed by atoms with E-state index in [0.717, 1.165) is 11.3 Å². The molecule has 204 valence electrons. The number of nitrogens with zero attached hydrogens (tertiary/aromatic N) is 5. The van der Waals surface area contributed by atoms with Crippen LogP contribution in [0.25, 0.3) is 11.2 Å². The fourth-order valence-electron chi connectivity index (χ4n) is 3.82. The molecule has 0 fully saturated rings. The van der Waals surface area contributed by atoms with Gasteiger partial charge in [-0.2, -0.15) is 9.97 Å². The molecule has 0 saturated carbocycles. The smallest absolute Gasteiger partial charge is 0.267 e. The number of fused-ring (bicyclic) bond motifs is 1. The van der Waals surface area contributed by atoms with Crippen LogP contribution in [0.1, 0.15) is 25.6 Å². The molecule has 4 aromatic heterocycles. The normalized spacial score (nSPS) is 11.0. The van der Waals surface area contributed by atoms with Gasteiger partial charge in [0.05, 0.1) is 41.3 Å². The number of hydrogen-bond acceptors (Lipinski definition) is 10. The first-order chi connectivity index (χ1) is 19.1. The number of nitrogen functional groups attached to an aromatic ring is 2. The number of ether oxygens (including phenoxy) is 1. The van der Waals surface area contributed by atoms with Crippen molar-refractivity contribution in [1.82, 2.24) is 24.5 Å². The van der Waals surface area contributed by atoms with Crippen molar-refractivity contribution >= 4 is 92.4 Å². The lowest BCUT2D eigenvalue weighted by Gasteiger charge is -2.15. The van der Waals surface area contributed by atoms with Crippen molar-refractivity contribution in [2.24, 2.45) is 0 Å². The lowest BCUT2D eigenvalue weighted by molar-refractivity contribution is 0.102. The number of halogens is 3.